The fourth-order valence-electron chi connectivity index (χ4n) is 2.03. The Labute approximate surface area is 158 Å². The van der Waals surface area contributed by atoms with Gasteiger partial charge in [-0.2, -0.15) is 13.2 Å². The second kappa shape index (κ2) is 9.38. The number of thiazole rings is 1. The van der Waals surface area contributed by atoms with Crippen molar-refractivity contribution in [3.8, 4) is 0 Å². The first-order valence-electron chi connectivity index (χ1n) is 7.82. The van der Waals surface area contributed by atoms with Crippen LogP contribution in [0.25, 0.3) is 0 Å². The summed E-state index contributed by atoms with van der Waals surface area (Å²) >= 11 is 3.23. The highest BCUT2D eigenvalue weighted by Gasteiger charge is 2.27. The van der Waals surface area contributed by atoms with Crippen molar-refractivity contribution in [3.05, 3.63) is 45.9 Å². The van der Waals surface area contributed by atoms with Gasteiger partial charge in [-0.1, -0.05) is 0 Å². The molecule has 0 aliphatic heterocycles. The first-order valence-corrected chi connectivity index (χ1v) is 9.68. The summed E-state index contributed by atoms with van der Waals surface area (Å²) in [6, 6.07) is 6.53. The third-order valence-electron chi connectivity index (χ3n) is 3.18. The van der Waals surface area contributed by atoms with Gasteiger partial charge < -0.3 is 10.1 Å². The molecule has 1 atom stereocenters. The molecule has 9 heteroatoms. The van der Waals surface area contributed by atoms with Crippen LogP contribution in [0.4, 0.5) is 13.2 Å². The summed E-state index contributed by atoms with van der Waals surface area (Å²) in [5.41, 5.74) is 1.47. The number of nitrogens with one attached hydrogen (secondary N) is 1. The average Bonchev–Trinajstić information content (AvgIpc) is 2.97. The fraction of sp³-hybridized carbons (Fsp3) is 0.412. The highest BCUT2D eigenvalue weighted by molar-refractivity contribution is 7.98. The second-order valence-electron chi connectivity index (χ2n) is 5.68. The Morgan fingerprint density at radius 2 is 2.04 bits per heavy atom. The van der Waals surface area contributed by atoms with Crippen LogP contribution in [0.2, 0.25) is 0 Å². The number of rotatable bonds is 8. The Kier molecular flexibility index (Phi) is 7.48. The maximum atomic E-state index is 12.1. The topological polar surface area (TPSA) is 51.2 Å². The van der Waals surface area contributed by atoms with Gasteiger partial charge in [-0.05, 0) is 38.1 Å². The monoisotopic (exact) mass is 404 g/mol. The quantitative estimate of drug-likeness (QED) is 0.661. The number of hydrogen-bond acceptors (Lipinski definition) is 5. The number of benzene rings is 1. The molecule has 1 heterocycles. The molecule has 1 unspecified atom stereocenters. The van der Waals surface area contributed by atoms with Crippen LogP contribution >= 0.6 is 23.1 Å². The smallest absolute Gasteiger partial charge is 0.370 e. The van der Waals surface area contributed by atoms with Crippen molar-refractivity contribution in [1.29, 1.82) is 0 Å². The normalized spacial score (nSPS) is 12.8. The zero-order chi connectivity index (χ0) is 19.2. The molecule has 0 spiro atoms. The van der Waals surface area contributed by atoms with Crippen LogP contribution < -0.4 is 5.32 Å². The number of aryl methyl sites for hydroxylation is 1. The molecule has 2 rings (SSSR count). The van der Waals surface area contributed by atoms with Gasteiger partial charge in [-0.15, -0.1) is 23.1 Å². The van der Waals surface area contributed by atoms with Crippen LogP contribution in [-0.4, -0.2) is 36.3 Å². The predicted molar refractivity (Wildman–Crippen MR) is 96.7 cm³/mol. The van der Waals surface area contributed by atoms with E-state index in [1.165, 1.54) is 0 Å². The van der Waals surface area contributed by atoms with Crippen molar-refractivity contribution in [2.75, 3.05) is 13.2 Å². The fourth-order valence-corrected chi connectivity index (χ4v) is 3.54. The van der Waals surface area contributed by atoms with E-state index in [2.05, 4.69) is 15.0 Å². The Morgan fingerprint density at radius 3 is 2.62 bits per heavy atom. The van der Waals surface area contributed by atoms with Crippen LogP contribution in [0.15, 0.2) is 34.5 Å². The van der Waals surface area contributed by atoms with Gasteiger partial charge in [0.25, 0.3) is 5.91 Å². The molecule has 142 valence electrons. The maximum absolute atomic E-state index is 12.1. The van der Waals surface area contributed by atoms with Crippen LogP contribution in [0.3, 0.4) is 0 Å². The Morgan fingerprint density at radius 1 is 1.35 bits per heavy atom. The van der Waals surface area contributed by atoms with Gasteiger partial charge >= 0.3 is 6.18 Å². The number of aromatic nitrogens is 1. The van der Waals surface area contributed by atoms with Gasteiger partial charge in [-0.3, -0.25) is 4.79 Å². The van der Waals surface area contributed by atoms with Crippen molar-refractivity contribution in [3.63, 3.8) is 0 Å². The largest absolute Gasteiger partial charge is 0.411 e. The van der Waals surface area contributed by atoms with E-state index >= 15 is 0 Å². The van der Waals surface area contributed by atoms with Crippen LogP contribution in [0.5, 0.6) is 0 Å². The number of ether oxygens (including phenoxy) is 1. The van der Waals surface area contributed by atoms with E-state index in [1.807, 2.05) is 24.4 Å². The molecule has 1 aromatic heterocycles. The molecule has 26 heavy (non-hydrogen) atoms. The predicted octanol–water partition coefficient (Wildman–Crippen LogP) is 4.44. The maximum Gasteiger partial charge on any atom is 0.411 e. The molecule has 0 fully saturated rings. The first-order chi connectivity index (χ1) is 12.2. The van der Waals surface area contributed by atoms with Crippen LogP contribution in [0, 0.1) is 6.92 Å². The molecule has 0 saturated heterocycles. The number of thioether (sulfide) groups is 1. The van der Waals surface area contributed by atoms with Crippen molar-refractivity contribution in [1.82, 2.24) is 10.3 Å². The van der Waals surface area contributed by atoms with E-state index in [0.29, 0.717) is 5.56 Å². The highest BCUT2D eigenvalue weighted by atomic mass is 32.2. The number of halogens is 3. The van der Waals surface area contributed by atoms with E-state index in [9.17, 15) is 18.0 Å². The molecule has 1 N–H and O–H groups in total. The Hall–Kier alpha value is -1.58. The molecule has 0 aliphatic rings. The van der Waals surface area contributed by atoms with Crippen molar-refractivity contribution < 1.29 is 22.7 Å². The minimum atomic E-state index is -4.37. The molecular weight excluding hydrogens is 385 g/mol. The van der Waals surface area contributed by atoms with Crippen molar-refractivity contribution in [2.45, 2.75) is 36.7 Å². The Bertz CT molecular complexity index is 718. The lowest BCUT2D eigenvalue weighted by Crippen LogP contribution is -2.36. The van der Waals surface area contributed by atoms with Gasteiger partial charge in [-0.25, -0.2) is 4.98 Å². The highest BCUT2D eigenvalue weighted by Crippen LogP contribution is 2.24. The minimum Gasteiger partial charge on any atom is -0.370 e. The summed E-state index contributed by atoms with van der Waals surface area (Å²) in [5, 5.41) is 5.66. The van der Waals surface area contributed by atoms with Gasteiger partial charge in [0, 0.05) is 27.6 Å². The van der Waals surface area contributed by atoms with Gasteiger partial charge in [0.1, 0.15) is 6.61 Å². The summed E-state index contributed by atoms with van der Waals surface area (Å²) in [4.78, 5) is 17.5. The number of carbonyl (C=O) groups excluding carboxylic acids is 1. The standard InChI is InChI=1S/C17H19F3N2O2S2/c1-11(7-24-10-17(18,19)20)21-16(23)13-3-5-15(6-4-13)26-9-14-8-25-12(2)22-14/h3-6,8,11H,7,9-10H2,1-2H3,(H,21,23). The summed E-state index contributed by atoms with van der Waals surface area (Å²) in [5.74, 6) is 0.406. The van der Waals surface area contributed by atoms with Gasteiger partial charge in [0.05, 0.1) is 17.3 Å². The number of hydrogen-bond donors (Lipinski definition) is 1. The zero-order valence-electron chi connectivity index (χ0n) is 14.3. The van der Waals surface area contributed by atoms with Gasteiger partial charge in [0.15, 0.2) is 0 Å². The van der Waals surface area contributed by atoms with Crippen LogP contribution in [0.1, 0.15) is 28.0 Å². The molecule has 0 saturated carbocycles. The summed E-state index contributed by atoms with van der Waals surface area (Å²) in [6.45, 7) is 2.03. The summed E-state index contributed by atoms with van der Waals surface area (Å²) < 4.78 is 40.6. The third kappa shape index (κ3) is 7.35. The Balaban J connectivity index is 1.78. The summed E-state index contributed by atoms with van der Waals surface area (Å²) in [7, 11) is 0. The van der Waals surface area contributed by atoms with Crippen molar-refractivity contribution >= 4 is 29.0 Å². The molecular formula is C17H19F3N2O2S2. The summed E-state index contributed by atoms with van der Waals surface area (Å²) in [6.07, 6.45) is -4.37. The third-order valence-corrected chi connectivity index (χ3v) is 5.05. The lowest BCUT2D eigenvalue weighted by atomic mass is 10.2. The van der Waals surface area contributed by atoms with E-state index in [0.717, 1.165) is 21.3 Å². The molecule has 4 nitrogen and oxygen atoms in total. The molecule has 0 bridgehead atoms. The molecule has 0 aliphatic carbocycles. The van der Waals surface area contributed by atoms with E-state index in [1.54, 1.807) is 42.2 Å². The minimum absolute atomic E-state index is 0.202. The molecule has 1 amide bonds. The van der Waals surface area contributed by atoms with Crippen LogP contribution in [-0.2, 0) is 10.5 Å². The lowest BCUT2D eigenvalue weighted by molar-refractivity contribution is -0.174. The second-order valence-corrected chi connectivity index (χ2v) is 7.79. The zero-order valence-corrected chi connectivity index (χ0v) is 15.9. The first kappa shape index (κ1) is 20.7. The van der Waals surface area contributed by atoms with E-state index in [-0.39, 0.29) is 12.5 Å². The number of alkyl halides is 3. The molecule has 1 aromatic carbocycles. The lowest BCUT2D eigenvalue weighted by Gasteiger charge is -2.15. The van der Waals surface area contributed by atoms with Crippen molar-refractivity contribution in [2.24, 2.45) is 0 Å². The molecule has 0 radical (unpaired) electrons. The SMILES string of the molecule is Cc1nc(CSc2ccc(C(=O)NC(C)COCC(F)(F)F)cc2)cs1. The van der Waals surface area contributed by atoms with Gasteiger partial charge in [0.2, 0.25) is 0 Å². The number of amides is 1. The van der Waals surface area contributed by atoms with E-state index in [4.69, 9.17) is 0 Å². The van der Waals surface area contributed by atoms with E-state index < -0.39 is 18.8 Å². The molecule has 2 aromatic rings. The average molecular weight is 404 g/mol. The number of nitrogens with zero attached hydrogens (tertiary/aromatic N) is 1. The number of carbonyl (C=O) groups is 1.